The highest BCUT2D eigenvalue weighted by Gasteiger charge is 2.32. The summed E-state index contributed by atoms with van der Waals surface area (Å²) >= 11 is 4.86. The first-order valence-electron chi connectivity index (χ1n) is 9.49. The second-order valence-corrected chi connectivity index (χ2v) is 10.1. The monoisotopic (exact) mass is 432 g/mol. The van der Waals surface area contributed by atoms with E-state index in [0.717, 1.165) is 32.7 Å². The van der Waals surface area contributed by atoms with Crippen LogP contribution < -0.4 is 14.9 Å². The first-order chi connectivity index (χ1) is 14.3. The zero-order chi connectivity index (χ0) is 19.4. The zero-order valence-corrected chi connectivity index (χ0v) is 17.8. The fraction of sp³-hybridized carbons (Fsp3) is 0.130. The molecule has 6 rings (SSSR count). The average molecular weight is 433 g/mol. The molecule has 4 heterocycles. The maximum absolute atomic E-state index is 13.4. The molecular weight excluding hydrogens is 416 g/mol. The molecule has 0 radical (unpaired) electrons. The summed E-state index contributed by atoms with van der Waals surface area (Å²) in [4.78, 5) is 21.6. The second kappa shape index (κ2) is 6.76. The molecule has 2 aliphatic rings. The Labute approximate surface area is 179 Å². The minimum Gasteiger partial charge on any atom is -0.271 e. The smallest absolute Gasteiger partial charge is 0.271 e. The molecule has 1 aromatic carbocycles. The van der Waals surface area contributed by atoms with Gasteiger partial charge in [-0.15, -0.1) is 22.7 Å². The van der Waals surface area contributed by atoms with Gasteiger partial charge in [-0.1, -0.05) is 47.7 Å². The molecule has 0 fully saturated rings. The Morgan fingerprint density at radius 1 is 1.00 bits per heavy atom. The lowest BCUT2D eigenvalue weighted by atomic mass is 9.85. The molecule has 1 unspecified atom stereocenters. The van der Waals surface area contributed by atoms with E-state index in [1.54, 1.807) is 22.7 Å². The number of benzene rings is 1. The molecule has 6 heteroatoms. The summed E-state index contributed by atoms with van der Waals surface area (Å²) < 4.78 is 2.67. The van der Waals surface area contributed by atoms with Gasteiger partial charge in [0.15, 0.2) is 4.80 Å². The van der Waals surface area contributed by atoms with Crippen LogP contribution in [0, 0.1) is 0 Å². The number of thiazole rings is 1. The van der Waals surface area contributed by atoms with Crippen molar-refractivity contribution in [3.05, 3.63) is 105 Å². The number of fused-ring (bicyclic) bond motifs is 3. The first-order valence-corrected chi connectivity index (χ1v) is 12.1. The van der Waals surface area contributed by atoms with Crippen molar-refractivity contribution in [1.29, 1.82) is 0 Å². The van der Waals surface area contributed by atoms with Crippen LogP contribution >= 0.6 is 34.0 Å². The van der Waals surface area contributed by atoms with Gasteiger partial charge < -0.3 is 0 Å². The first kappa shape index (κ1) is 17.3. The number of hydrogen-bond acceptors (Lipinski definition) is 5. The van der Waals surface area contributed by atoms with Gasteiger partial charge in [0, 0.05) is 15.3 Å². The van der Waals surface area contributed by atoms with Gasteiger partial charge >= 0.3 is 0 Å². The number of hydrogen-bond donors (Lipinski definition) is 0. The minimum atomic E-state index is -0.0555. The van der Waals surface area contributed by atoms with Gasteiger partial charge in [-0.05, 0) is 52.9 Å². The standard InChI is InChI=1S/C23H16N2OS3/c26-22-19(13-15-6-3-11-27-15)29-23-24-20-16-7-2-1-5-14(16)9-10-17(20)21(25(22)23)18-8-4-12-28-18/h1-8,11-13,21H,9-10H2. The molecule has 4 aromatic rings. The third kappa shape index (κ3) is 2.74. The molecule has 142 valence electrons. The quantitative estimate of drug-likeness (QED) is 0.461. The summed E-state index contributed by atoms with van der Waals surface area (Å²) in [5, 5.41) is 4.13. The van der Waals surface area contributed by atoms with Gasteiger partial charge in [-0.2, -0.15) is 0 Å². The van der Waals surface area contributed by atoms with Crippen molar-refractivity contribution in [3.63, 3.8) is 0 Å². The van der Waals surface area contributed by atoms with Crippen molar-refractivity contribution in [2.45, 2.75) is 18.9 Å². The minimum absolute atomic E-state index is 0.0555. The summed E-state index contributed by atoms with van der Waals surface area (Å²) in [7, 11) is 0. The Morgan fingerprint density at radius 2 is 1.86 bits per heavy atom. The predicted molar refractivity (Wildman–Crippen MR) is 121 cm³/mol. The van der Waals surface area contributed by atoms with E-state index in [0.29, 0.717) is 0 Å². The summed E-state index contributed by atoms with van der Waals surface area (Å²) in [6.45, 7) is 0. The summed E-state index contributed by atoms with van der Waals surface area (Å²) in [5.41, 5.74) is 4.95. The van der Waals surface area contributed by atoms with Gasteiger partial charge in [-0.3, -0.25) is 9.36 Å². The molecule has 0 saturated carbocycles. The Bertz CT molecular complexity index is 1420. The number of aromatic nitrogens is 1. The van der Waals surface area contributed by atoms with Crippen molar-refractivity contribution < 1.29 is 0 Å². The summed E-state index contributed by atoms with van der Waals surface area (Å²) in [6.07, 6.45) is 3.93. The van der Waals surface area contributed by atoms with Crippen molar-refractivity contribution in [2.24, 2.45) is 4.99 Å². The Hall–Kier alpha value is -2.54. The molecule has 0 amide bonds. The highest BCUT2D eigenvalue weighted by Crippen LogP contribution is 2.42. The third-order valence-corrected chi connectivity index (χ3v) is 8.23. The lowest BCUT2D eigenvalue weighted by molar-refractivity contribution is 0.593. The fourth-order valence-electron chi connectivity index (χ4n) is 4.22. The van der Waals surface area contributed by atoms with Crippen LogP contribution in [0.5, 0.6) is 0 Å². The van der Waals surface area contributed by atoms with Crippen molar-refractivity contribution >= 4 is 45.8 Å². The van der Waals surface area contributed by atoms with Crippen LogP contribution in [0.4, 0.5) is 0 Å². The van der Waals surface area contributed by atoms with E-state index in [4.69, 9.17) is 4.99 Å². The molecule has 0 bridgehead atoms. The number of nitrogens with zero attached hydrogens (tertiary/aromatic N) is 2. The Balaban J connectivity index is 1.66. The highest BCUT2D eigenvalue weighted by atomic mass is 32.1. The predicted octanol–water partition coefficient (Wildman–Crippen LogP) is 4.44. The average Bonchev–Trinajstić information content (AvgIpc) is 3.50. The largest absolute Gasteiger partial charge is 0.271 e. The van der Waals surface area contributed by atoms with E-state index in [2.05, 4.69) is 41.8 Å². The topological polar surface area (TPSA) is 34.4 Å². The number of thiophene rings is 2. The van der Waals surface area contributed by atoms with E-state index in [9.17, 15) is 4.79 Å². The summed E-state index contributed by atoms with van der Waals surface area (Å²) in [6, 6.07) is 16.7. The van der Waals surface area contributed by atoms with Crippen LogP contribution in [0.3, 0.4) is 0 Å². The molecule has 1 aliphatic heterocycles. The molecule has 29 heavy (non-hydrogen) atoms. The lowest BCUT2D eigenvalue weighted by Gasteiger charge is -2.30. The van der Waals surface area contributed by atoms with Gasteiger partial charge in [-0.25, -0.2) is 4.99 Å². The molecule has 1 aliphatic carbocycles. The molecular formula is C23H16N2OS3. The molecule has 3 aromatic heterocycles. The number of allylic oxidation sites excluding steroid dienone is 1. The number of rotatable bonds is 2. The second-order valence-electron chi connectivity index (χ2n) is 7.14. The molecule has 3 nitrogen and oxygen atoms in total. The van der Waals surface area contributed by atoms with E-state index < -0.39 is 0 Å². The molecule has 0 spiro atoms. The Kier molecular flexibility index (Phi) is 4.04. The lowest BCUT2D eigenvalue weighted by Crippen LogP contribution is -2.38. The third-order valence-electron chi connectivity index (χ3n) is 5.50. The van der Waals surface area contributed by atoms with Crippen molar-refractivity contribution in [2.75, 3.05) is 0 Å². The molecule has 0 N–H and O–H groups in total. The van der Waals surface area contributed by atoms with Gasteiger partial charge in [0.1, 0.15) is 0 Å². The van der Waals surface area contributed by atoms with Gasteiger partial charge in [0.05, 0.1) is 16.3 Å². The number of aryl methyl sites for hydroxylation is 1. The SMILES string of the molecule is O=c1c(=Cc2cccs2)sc2n1C(c1cccs1)C1=C(N=2)c2ccccc2CC1. The van der Waals surface area contributed by atoms with Crippen LogP contribution in [0.1, 0.15) is 33.3 Å². The van der Waals surface area contributed by atoms with Crippen molar-refractivity contribution in [1.82, 2.24) is 4.57 Å². The normalized spacial score (nSPS) is 18.2. The zero-order valence-electron chi connectivity index (χ0n) is 15.4. The maximum Gasteiger partial charge on any atom is 0.271 e. The van der Waals surface area contributed by atoms with Crippen LogP contribution in [0.25, 0.3) is 11.8 Å². The molecule has 0 saturated heterocycles. The van der Waals surface area contributed by atoms with E-state index >= 15 is 0 Å². The fourth-order valence-corrected chi connectivity index (χ4v) is 6.79. The maximum atomic E-state index is 13.4. The summed E-state index contributed by atoms with van der Waals surface area (Å²) in [5.74, 6) is 0. The van der Waals surface area contributed by atoms with Crippen LogP contribution in [-0.4, -0.2) is 4.57 Å². The van der Waals surface area contributed by atoms with Crippen LogP contribution in [-0.2, 0) is 6.42 Å². The van der Waals surface area contributed by atoms with Gasteiger partial charge in [0.25, 0.3) is 5.56 Å². The van der Waals surface area contributed by atoms with Crippen LogP contribution in [0.15, 0.2) is 74.7 Å². The van der Waals surface area contributed by atoms with E-state index in [1.165, 1.54) is 32.9 Å². The van der Waals surface area contributed by atoms with E-state index in [-0.39, 0.29) is 11.6 Å². The Morgan fingerprint density at radius 3 is 2.69 bits per heavy atom. The molecule has 1 atom stereocenters. The van der Waals surface area contributed by atoms with Crippen molar-refractivity contribution in [3.8, 4) is 0 Å². The highest BCUT2D eigenvalue weighted by molar-refractivity contribution is 7.11. The van der Waals surface area contributed by atoms with Gasteiger partial charge in [0.2, 0.25) is 0 Å². The van der Waals surface area contributed by atoms with Crippen LogP contribution in [0.2, 0.25) is 0 Å². The van der Waals surface area contributed by atoms with E-state index in [1.807, 2.05) is 28.2 Å².